The maximum atomic E-state index is 9.44. The lowest BCUT2D eigenvalue weighted by molar-refractivity contribution is -0.114. The Morgan fingerprint density at radius 2 is 1.19 bits per heavy atom. The SMILES string of the molecule is CC.CC.CC.CC(C)=O.CCCCCC(C)C.Cc1cccc(C)c1. The summed E-state index contributed by atoms with van der Waals surface area (Å²) < 4.78 is 0. The molecule has 0 aromatic heterocycles. The Kier molecular flexibility index (Phi) is 48.4. The van der Waals surface area contributed by atoms with Gasteiger partial charge in [0.05, 0.1) is 0 Å². The molecular formula is C25H52O. The molecule has 0 N–H and O–H groups in total. The van der Waals surface area contributed by atoms with Gasteiger partial charge < -0.3 is 4.79 Å². The Morgan fingerprint density at radius 3 is 1.38 bits per heavy atom. The number of aryl methyl sites for hydroxylation is 2. The molecule has 1 nitrogen and oxygen atoms in total. The van der Waals surface area contributed by atoms with Crippen molar-refractivity contribution in [1.82, 2.24) is 0 Å². The standard InChI is InChI=1S/C8H10.C8H18.C3H6O.3C2H6/c1-7-4-3-5-8(2)6-7;1-4-5-6-7-8(2)3;1-3(2)4;3*1-2/h3-6H,1-2H3;8H,4-7H2,1-3H3;1-2H3;3*1-2H3. The first-order valence-corrected chi connectivity index (χ1v) is 10.8. The molecule has 0 heterocycles. The van der Waals surface area contributed by atoms with Crippen molar-refractivity contribution in [2.45, 2.75) is 116 Å². The van der Waals surface area contributed by atoms with Crippen LogP contribution < -0.4 is 0 Å². The van der Waals surface area contributed by atoms with Crippen molar-refractivity contribution in [3.8, 4) is 0 Å². The molecule has 0 fully saturated rings. The van der Waals surface area contributed by atoms with Crippen LogP contribution in [0.5, 0.6) is 0 Å². The molecular weight excluding hydrogens is 316 g/mol. The Hall–Kier alpha value is -1.11. The van der Waals surface area contributed by atoms with Gasteiger partial charge in [0, 0.05) is 0 Å². The lowest BCUT2D eigenvalue weighted by Crippen LogP contribution is -1.85. The van der Waals surface area contributed by atoms with Gasteiger partial charge in [-0.3, -0.25) is 0 Å². The fraction of sp³-hybridized carbons (Fsp3) is 0.720. The summed E-state index contributed by atoms with van der Waals surface area (Å²) in [5, 5.41) is 0. The minimum Gasteiger partial charge on any atom is -0.300 e. The summed E-state index contributed by atoms with van der Waals surface area (Å²) >= 11 is 0. The van der Waals surface area contributed by atoms with Gasteiger partial charge in [0.2, 0.25) is 0 Å². The molecule has 26 heavy (non-hydrogen) atoms. The first kappa shape index (κ1) is 35.9. The van der Waals surface area contributed by atoms with Crippen molar-refractivity contribution in [2.75, 3.05) is 0 Å². The van der Waals surface area contributed by atoms with Gasteiger partial charge in [-0.05, 0) is 33.6 Å². The summed E-state index contributed by atoms with van der Waals surface area (Å²) in [5.74, 6) is 1.07. The number of Topliss-reactive ketones (excluding diaryl/α,β-unsaturated/α-hetero) is 1. The van der Waals surface area contributed by atoms with Crippen LogP contribution in [0.3, 0.4) is 0 Å². The van der Waals surface area contributed by atoms with Crippen LogP contribution in [0, 0.1) is 19.8 Å². The smallest absolute Gasteiger partial charge is 0.126 e. The highest BCUT2D eigenvalue weighted by atomic mass is 16.1. The van der Waals surface area contributed by atoms with Crippen molar-refractivity contribution >= 4 is 5.78 Å². The number of ketones is 1. The fourth-order valence-electron chi connectivity index (χ4n) is 1.61. The average molecular weight is 369 g/mol. The summed E-state index contributed by atoms with van der Waals surface area (Å²) in [4.78, 5) is 9.44. The summed E-state index contributed by atoms with van der Waals surface area (Å²) in [6.07, 6.45) is 5.60. The van der Waals surface area contributed by atoms with Gasteiger partial charge in [-0.2, -0.15) is 0 Å². The Balaban J connectivity index is -0.0000000766. The molecule has 1 heteroatoms. The number of benzene rings is 1. The topological polar surface area (TPSA) is 17.1 Å². The van der Waals surface area contributed by atoms with E-state index in [1.807, 2.05) is 41.5 Å². The highest BCUT2D eigenvalue weighted by Crippen LogP contribution is 2.06. The van der Waals surface area contributed by atoms with E-state index in [9.17, 15) is 4.79 Å². The number of hydrogen-bond acceptors (Lipinski definition) is 1. The second-order valence-corrected chi connectivity index (χ2v) is 5.96. The monoisotopic (exact) mass is 368 g/mol. The number of carbonyl (C=O) groups excluding carboxylic acids is 1. The number of rotatable bonds is 4. The first-order valence-electron chi connectivity index (χ1n) is 10.8. The molecule has 1 aromatic carbocycles. The summed E-state index contributed by atoms with van der Waals surface area (Å²) in [6.45, 7) is 26.1. The fourth-order valence-corrected chi connectivity index (χ4v) is 1.61. The molecule has 1 rings (SSSR count). The van der Waals surface area contributed by atoms with E-state index in [0.717, 1.165) is 5.92 Å². The second kappa shape index (κ2) is 35.1. The van der Waals surface area contributed by atoms with Gasteiger partial charge >= 0.3 is 0 Å². The van der Waals surface area contributed by atoms with Crippen molar-refractivity contribution < 1.29 is 4.79 Å². The predicted molar refractivity (Wildman–Crippen MR) is 125 cm³/mol. The summed E-state index contributed by atoms with van der Waals surface area (Å²) in [6, 6.07) is 8.45. The number of carbonyl (C=O) groups is 1. The van der Waals surface area contributed by atoms with Crippen molar-refractivity contribution in [2.24, 2.45) is 5.92 Å². The summed E-state index contributed by atoms with van der Waals surface area (Å²) in [5.41, 5.74) is 2.68. The van der Waals surface area contributed by atoms with Crippen LogP contribution >= 0.6 is 0 Å². The van der Waals surface area contributed by atoms with Crippen LogP contribution in [0.15, 0.2) is 24.3 Å². The van der Waals surface area contributed by atoms with E-state index in [2.05, 4.69) is 58.9 Å². The zero-order valence-electron chi connectivity index (χ0n) is 20.6. The zero-order chi connectivity index (χ0) is 22.0. The largest absolute Gasteiger partial charge is 0.300 e. The van der Waals surface area contributed by atoms with Crippen LogP contribution in [-0.2, 0) is 4.79 Å². The van der Waals surface area contributed by atoms with E-state index in [0.29, 0.717) is 0 Å². The molecule has 0 bridgehead atoms. The third-order valence-electron chi connectivity index (χ3n) is 2.56. The first-order chi connectivity index (χ1) is 12.3. The number of hydrogen-bond donors (Lipinski definition) is 0. The van der Waals surface area contributed by atoms with Crippen molar-refractivity contribution in [3.05, 3.63) is 35.4 Å². The lowest BCUT2D eigenvalue weighted by Gasteiger charge is -2.00. The highest BCUT2D eigenvalue weighted by Gasteiger charge is 1.90. The second-order valence-electron chi connectivity index (χ2n) is 5.96. The maximum Gasteiger partial charge on any atom is 0.126 e. The van der Waals surface area contributed by atoms with Gasteiger partial charge in [0.15, 0.2) is 0 Å². The molecule has 0 aliphatic heterocycles. The van der Waals surface area contributed by atoms with Crippen molar-refractivity contribution in [1.29, 1.82) is 0 Å². The van der Waals surface area contributed by atoms with Gasteiger partial charge in [0.1, 0.15) is 5.78 Å². The predicted octanol–water partition coefficient (Wildman–Crippen LogP) is 9.20. The minimum absolute atomic E-state index is 0.167. The molecule has 0 saturated carbocycles. The van der Waals surface area contributed by atoms with Crippen LogP contribution in [0.25, 0.3) is 0 Å². The van der Waals surface area contributed by atoms with Crippen molar-refractivity contribution in [3.63, 3.8) is 0 Å². The average Bonchev–Trinajstić information content (AvgIpc) is 2.60. The van der Waals surface area contributed by atoms with Gasteiger partial charge in [0.25, 0.3) is 0 Å². The Bertz CT molecular complexity index is 319. The third kappa shape index (κ3) is 56.9. The van der Waals surface area contributed by atoms with Gasteiger partial charge in [-0.15, -0.1) is 0 Å². The molecule has 0 unspecified atom stereocenters. The Labute approximate surface area is 168 Å². The summed E-state index contributed by atoms with van der Waals surface area (Å²) in [7, 11) is 0. The minimum atomic E-state index is 0.167. The third-order valence-corrected chi connectivity index (χ3v) is 2.56. The van der Waals surface area contributed by atoms with Crippen LogP contribution in [0.2, 0.25) is 0 Å². The normalized spacial score (nSPS) is 7.77. The van der Waals surface area contributed by atoms with Gasteiger partial charge in [-0.1, -0.05) is 123 Å². The molecule has 0 aliphatic rings. The van der Waals surface area contributed by atoms with E-state index in [4.69, 9.17) is 0 Å². The van der Waals surface area contributed by atoms with E-state index < -0.39 is 0 Å². The van der Waals surface area contributed by atoms with Gasteiger partial charge in [-0.25, -0.2) is 0 Å². The molecule has 0 aliphatic carbocycles. The Morgan fingerprint density at radius 1 is 0.846 bits per heavy atom. The number of unbranched alkanes of at least 4 members (excludes halogenated alkanes) is 2. The highest BCUT2D eigenvalue weighted by molar-refractivity contribution is 5.72. The van der Waals surface area contributed by atoms with Crippen LogP contribution in [0.4, 0.5) is 0 Å². The molecule has 0 amide bonds. The molecule has 0 atom stereocenters. The molecule has 158 valence electrons. The van der Waals surface area contributed by atoms with E-state index in [-0.39, 0.29) is 5.78 Å². The molecule has 0 saturated heterocycles. The maximum absolute atomic E-state index is 9.44. The zero-order valence-corrected chi connectivity index (χ0v) is 20.6. The van der Waals surface area contributed by atoms with Crippen LogP contribution in [-0.4, -0.2) is 5.78 Å². The molecule has 0 spiro atoms. The lowest BCUT2D eigenvalue weighted by atomic mass is 10.1. The van der Waals surface area contributed by atoms with E-state index in [1.165, 1.54) is 50.7 Å². The van der Waals surface area contributed by atoms with E-state index >= 15 is 0 Å². The van der Waals surface area contributed by atoms with E-state index in [1.54, 1.807) is 0 Å². The molecule has 0 radical (unpaired) electrons. The quantitative estimate of drug-likeness (QED) is 0.484. The van der Waals surface area contributed by atoms with Crippen LogP contribution in [0.1, 0.15) is 113 Å². The molecule has 1 aromatic rings.